The first-order valence-electron chi connectivity index (χ1n) is 4.40. The molecule has 0 aliphatic heterocycles. The number of ether oxygens (including phenoxy) is 1. The first kappa shape index (κ1) is 12.9. The molecular formula is C9H8F2N2O4. The fourth-order valence-corrected chi connectivity index (χ4v) is 1.31. The second kappa shape index (κ2) is 4.81. The van der Waals surface area contributed by atoms with Gasteiger partial charge in [0.05, 0.1) is 17.7 Å². The Morgan fingerprint density at radius 1 is 1.59 bits per heavy atom. The van der Waals surface area contributed by atoms with E-state index in [9.17, 15) is 23.7 Å². The maximum absolute atomic E-state index is 12.6. The van der Waals surface area contributed by atoms with Crippen LogP contribution in [-0.4, -0.2) is 23.0 Å². The van der Waals surface area contributed by atoms with E-state index in [1.165, 1.54) is 6.92 Å². The Kier molecular flexibility index (Phi) is 3.66. The van der Waals surface area contributed by atoms with Gasteiger partial charge in [0.1, 0.15) is 5.56 Å². The lowest BCUT2D eigenvalue weighted by Crippen LogP contribution is -2.12. The molecule has 0 atom stereocenters. The quantitative estimate of drug-likeness (QED) is 0.463. The van der Waals surface area contributed by atoms with Crippen molar-refractivity contribution >= 4 is 11.7 Å². The number of esters is 1. The topological polar surface area (TPSA) is 82.3 Å². The number of aryl methyl sites for hydroxylation is 1. The highest BCUT2D eigenvalue weighted by atomic mass is 19.3. The van der Waals surface area contributed by atoms with Crippen LogP contribution < -0.4 is 0 Å². The molecule has 6 nitrogen and oxygen atoms in total. The van der Waals surface area contributed by atoms with Gasteiger partial charge in [-0.15, -0.1) is 0 Å². The molecule has 0 unspecified atom stereocenters. The van der Waals surface area contributed by atoms with E-state index in [2.05, 4.69) is 9.72 Å². The minimum atomic E-state index is -3.09. The molecule has 0 saturated heterocycles. The summed E-state index contributed by atoms with van der Waals surface area (Å²) in [6, 6.07) is 0. The maximum Gasteiger partial charge on any atom is 0.346 e. The van der Waals surface area contributed by atoms with E-state index >= 15 is 0 Å². The van der Waals surface area contributed by atoms with E-state index < -0.39 is 34.1 Å². The summed E-state index contributed by atoms with van der Waals surface area (Å²) in [5, 5.41) is 10.8. The predicted molar refractivity (Wildman–Crippen MR) is 51.9 cm³/mol. The molecule has 8 heteroatoms. The lowest BCUT2D eigenvalue weighted by atomic mass is 10.1. The third-order valence-corrected chi connectivity index (χ3v) is 2.08. The fourth-order valence-electron chi connectivity index (χ4n) is 1.31. The molecule has 0 aromatic carbocycles. The average molecular weight is 246 g/mol. The number of hydrogen-bond donors (Lipinski definition) is 0. The standard InChI is InChI=1S/C9H8F2N2O4/c1-4-6(9(14)17-2)7(13(15)16)5(3-12-4)8(10)11/h3,8H,1-2H3. The van der Waals surface area contributed by atoms with Gasteiger partial charge >= 0.3 is 5.97 Å². The van der Waals surface area contributed by atoms with Gasteiger partial charge in [-0.3, -0.25) is 15.1 Å². The Labute approximate surface area is 94.4 Å². The number of nitro groups is 1. The molecule has 0 bridgehead atoms. The van der Waals surface area contributed by atoms with Crippen LogP contribution in [0.3, 0.4) is 0 Å². The average Bonchev–Trinajstić information content (AvgIpc) is 2.26. The summed E-state index contributed by atoms with van der Waals surface area (Å²) in [5.74, 6) is -1.07. The molecule has 0 radical (unpaired) electrons. The number of halogens is 2. The van der Waals surface area contributed by atoms with Crippen molar-refractivity contribution in [2.75, 3.05) is 7.11 Å². The minimum Gasteiger partial charge on any atom is -0.465 e. The molecule has 0 spiro atoms. The van der Waals surface area contributed by atoms with E-state index in [0.29, 0.717) is 6.20 Å². The highest BCUT2D eigenvalue weighted by Crippen LogP contribution is 2.32. The van der Waals surface area contributed by atoms with Crippen molar-refractivity contribution in [3.63, 3.8) is 0 Å². The minimum absolute atomic E-state index is 0.0343. The Morgan fingerprint density at radius 2 is 2.18 bits per heavy atom. The lowest BCUT2D eigenvalue weighted by Gasteiger charge is -2.07. The van der Waals surface area contributed by atoms with Gasteiger partial charge in [0.2, 0.25) is 0 Å². The van der Waals surface area contributed by atoms with Crippen LogP contribution in [0.1, 0.15) is 28.0 Å². The van der Waals surface area contributed by atoms with Crippen LogP contribution in [-0.2, 0) is 4.74 Å². The highest BCUT2D eigenvalue weighted by molar-refractivity contribution is 5.95. The lowest BCUT2D eigenvalue weighted by molar-refractivity contribution is -0.386. The molecule has 17 heavy (non-hydrogen) atoms. The second-order valence-corrected chi connectivity index (χ2v) is 3.07. The molecule has 1 aromatic heterocycles. The molecule has 0 fully saturated rings. The maximum atomic E-state index is 12.6. The number of methoxy groups -OCH3 is 1. The van der Waals surface area contributed by atoms with Gasteiger partial charge in [0, 0.05) is 6.20 Å². The summed E-state index contributed by atoms with van der Waals surface area (Å²) >= 11 is 0. The Balaban J connectivity index is 3.60. The first-order chi connectivity index (χ1) is 7.90. The van der Waals surface area contributed by atoms with Gasteiger partial charge in [-0.05, 0) is 6.92 Å². The number of alkyl halides is 2. The van der Waals surface area contributed by atoms with Crippen molar-refractivity contribution in [1.82, 2.24) is 4.98 Å². The molecule has 0 aliphatic carbocycles. The van der Waals surface area contributed by atoms with Crippen molar-refractivity contribution in [2.24, 2.45) is 0 Å². The summed E-state index contributed by atoms with van der Waals surface area (Å²) in [6.07, 6.45) is -2.41. The molecule has 1 rings (SSSR count). The van der Waals surface area contributed by atoms with E-state index in [4.69, 9.17) is 0 Å². The molecule has 0 aliphatic rings. The molecule has 0 N–H and O–H groups in total. The van der Waals surface area contributed by atoms with Crippen molar-refractivity contribution in [1.29, 1.82) is 0 Å². The summed E-state index contributed by atoms with van der Waals surface area (Å²) in [4.78, 5) is 24.6. The number of carbonyl (C=O) groups excluding carboxylic acids is 1. The number of aromatic nitrogens is 1. The van der Waals surface area contributed by atoms with E-state index in [-0.39, 0.29) is 5.69 Å². The van der Waals surface area contributed by atoms with Gasteiger partial charge in [-0.25, -0.2) is 13.6 Å². The van der Waals surface area contributed by atoms with Gasteiger partial charge in [0.25, 0.3) is 12.1 Å². The van der Waals surface area contributed by atoms with Crippen LogP contribution in [0, 0.1) is 17.0 Å². The van der Waals surface area contributed by atoms with Crippen LogP contribution in [0.15, 0.2) is 6.20 Å². The van der Waals surface area contributed by atoms with Gasteiger partial charge in [-0.1, -0.05) is 0 Å². The molecule has 0 amide bonds. The van der Waals surface area contributed by atoms with Crippen LogP contribution in [0.5, 0.6) is 0 Å². The zero-order chi connectivity index (χ0) is 13.2. The molecule has 92 valence electrons. The Bertz CT molecular complexity index is 476. The summed E-state index contributed by atoms with van der Waals surface area (Å²) in [6.45, 7) is 1.30. The predicted octanol–water partition coefficient (Wildman–Crippen LogP) is 2.02. The van der Waals surface area contributed by atoms with E-state index in [1.807, 2.05) is 0 Å². The van der Waals surface area contributed by atoms with Crippen LogP contribution in [0.4, 0.5) is 14.5 Å². The van der Waals surface area contributed by atoms with Gasteiger partial charge in [-0.2, -0.15) is 0 Å². The molecule has 1 aromatic rings. The highest BCUT2D eigenvalue weighted by Gasteiger charge is 2.32. The Hall–Kier alpha value is -2.12. The van der Waals surface area contributed by atoms with E-state index in [0.717, 1.165) is 7.11 Å². The van der Waals surface area contributed by atoms with Crippen LogP contribution in [0.25, 0.3) is 0 Å². The molecule has 0 saturated carbocycles. The monoisotopic (exact) mass is 246 g/mol. The Morgan fingerprint density at radius 3 is 2.59 bits per heavy atom. The van der Waals surface area contributed by atoms with Gasteiger partial charge < -0.3 is 4.74 Å². The fraction of sp³-hybridized carbons (Fsp3) is 0.333. The van der Waals surface area contributed by atoms with E-state index in [1.54, 1.807) is 0 Å². The first-order valence-corrected chi connectivity index (χ1v) is 4.40. The molecule has 1 heterocycles. The largest absolute Gasteiger partial charge is 0.465 e. The number of rotatable bonds is 3. The number of carbonyl (C=O) groups is 1. The van der Waals surface area contributed by atoms with Crippen LogP contribution >= 0.6 is 0 Å². The van der Waals surface area contributed by atoms with Crippen molar-refractivity contribution in [2.45, 2.75) is 13.3 Å². The SMILES string of the molecule is COC(=O)c1c(C)ncc(C(F)F)c1[N+](=O)[O-]. The summed E-state index contributed by atoms with van der Waals surface area (Å²) < 4.78 is 29.5. The number of hydrogen-bond acceptors (Lipinski definition) is 5. The normalized spacial score (nSPS) is 10.4. The third kappa shape index (κ3) is 2.35. The second-order valence-electron chi connectivity index (χ2n) is 3.07. The van der Waals surface area contributed by atoms with Crippen molar-refractivity contribution in [3.8, 4) is 0 Å². The third-order valence-electron chi connectivity index (χ3n) is 2.08. The van der Waals surface area contributed by atoms with Gasteiger partial charge in [0.15, 0.2) is 5.56 Å². The zero-order valence-electron chi connectivity index (χ0n) is 8.94. The smallest absolute Gasteiger partial charge is 0.346 e. The molecular weight excluding hydrogens is 238 g/mol. The summed E-state index contributed by atoms with van der Waals surface area (Å²) in [5.41, 5.74) is -2.44. The van der Waals surface area contributed by atoms with Crippen molar-refractivity contribution < 1.29 is 23.2 Å². The van der Waals surface area contributed by atoms with Crippen LogP contribution in [0.2, 0.25) is 0 Å². The zero-order valence-corrected chi connectivity index (χ0v) is 8.94. The summed E-state index contributed by atoms with van der Waals surface area (Å²) in [7, 11) is 1.00. The van der Waals surface area contributed by atoms with Crippen molar-refractivity contribution in [3.05, 3.63) is 33.1 Å². The number of nitrogens with zero attached hydrogens (tertiary/aromatic N) is 2. The number of pyridine rings is 1.